The van der Waals surface area contributed by atoms with E-state index in [0.29, 0.717) is 0 Å². The number of methoxy groups -OCH3 is 1. The van der Waals surface area contributed by atoms with Gasteiger partial charge in [-0.3, -0.25) is 0 Å². The van der Waals surface area contributed by atoms with Crippen LogP contribution in [-0.2, 0) is 14.3 Å². The van der Waals surface area contributed by atoms with E-state index in [2.05, 4.69) is 17.2 Å². The number of carbonyl (C=O) groups is 2. The number of aliphatic carboxylic acids is 1. The van der Waals surface area contributed by atoms with Crippen LogP contribution in [0.25, 0.3) is 0 Å². The first-order chi connectivity index (χ1) is 8.26. The zero-order valence-electron chi connectivity index (χ0n) is 11.1. The molecule has 0 bridgehead atoms. The molecule has 0 radical (unpaired) electrons. The van der Waals surface area contributed by atoms with Crippen molar-refractivity contribution in [3.8, 4) is 11.8 Å². The van der Waals surface area contributed by atoms with Gasteiger partial charge in [-0.05, 0) is 20.8 Å². The quantitative estimate of drug-likeness (QED) is 0.734. The first-order valence-electron chi connectivity index (χ1n) is 5.43. The highest BCUT2D eigenvalue weighted by molar-refractivity contribution is 5.80. The summed E-state index contributed by atoms with van der Waals surface area (Å²) in [6.07, 6.45) is -0.777. The number of rotatable bonds is 4. The van der Waals surface area contributed by atoms with Gasteiger partial charge in [-0.1, -0.05) is 11.8 Å². The van der Waals surface area contributed by atoms with Crippen molar-refractivity contribution in [2.75, 3.05) is 13.7 Å². The van der Waals surface area contributed by atoms with Crippen LogP contribution < -0.4 is 5.32 Å². The zero-order valence-corrected chi connectivity index (χ0v) is 11.1. The van der Waals surface area contributed by atoms with E-state index >= 15 is 0 Å². The Bertz CT molecular complexity index is 348. The van der Waals surface area contributed by atoms with Crippen molar-refractivity contribution in [3.63, 3.8) is 0 Å². The number of hydrogen-bond donors (Lipinski definition) is 2. The average molecular weight is 257 g/mol. The van der Waals surface area contributed by atoms with Crippen LogP contribution in [0.1, 0.15) is 27.2 Å². The van der Waals surface area contributed by atoms with Crippen LogP contribution in [0.5, 0.6) is 0 Å². The molecule has 0 aromatic rings. The molecule has 0 aliphatic heterocycles. The molecular weight excluding hydrogens is 238 g/mol. The molecule has 1 amide bonds. The van der Waals surface area contributed by atoms with E-state index in [-0.39, 0.29) is 13.0 Å². The fourth-order valence-electron chi connectivity index (χ4n) is 0.947. The molecule has 1 unspecified atom stereocenters. The van der Waals surface area contributed by atoms with Gasteiger partial charge in [0.1, 0.15) is 18.2 Å². The highest BCUT2D eigenvalue weighted by Gasteiger charge is 2.22. The van der Waals surface area contributed by atoms with Crippen molar-refractivity contribution in [2.24, 2.45) is 0 Å². The molecule has 0 aromatic heterocycles. The van der Waals surface area contributed by atoms with E-state index in [1.165, 1.54) is 7.11 Å². The third-order valence-corrected chi connectivity index (χ3v) is 1.64. The lowest BCUT2D eigenvalue weighted by atomic mass is 10.2. The number of carbonyl (C=O) groups excluding carboxylic acids is 1. The molecule has 6 heteroatoms. The molecule has 1 atom stereocenters. The Kier molecular flexibility index (Phi) is 6.83. The van der Waals surface area contributed by atoms with E-state index in [4.69, 9.17) is 14.6 Å². The second-order valence-electron chi connectivity index (χ2n) is 4.53. The smallest absolute Gasteiger partial charge is 0.408 e. The van der Waals surface area contributed by atoms with Crippen molar-refractivity contribution < 1.29 is 24.2 Å². The van der Waals surface area contributed by atoms with Gasteiger partial charge in [0, 0.05) is 13.5 Å². The Labute approximate surface area is 107 Å². The topological polar surface area (TPSA) is 84.9 Å². The molecule has 18 heavy (non-hydrogen) atoms. The number of carboxylic acid groups (broad SMARTS) is 1. The van der Waals surface area contributed by atoms with Gasteiger partial charge in [-0.2, -0.15) is 0 Å². The predicted molar refractivity (Wildman–Crippen MR) is 65.1 cm³/mol. The number of amides is 1. The van der Waals surface area contributed by atoms with Crippen LogP contribution in [0.4, 0.5) is 4.79 Å². The van der Waals surface area contributed by atoms with Crippen LogP contribution in [0.15, 0.2) is 0 Å². The summed E-state index contributed by atoms with van der Waals surface area (Å²) in [7, 11) is 1.49. The summed E-state index contributed by atoms with van der Waals surface area (Å²) in [6.45, 7) is 5.31. The van der Waals surface area contributed by atoms with Gasteiger partial charge >= 0.3 is 12.1 Å². The molecule has 6 nitrogen and oxygen atoms in total. The predicted octanol–water partition coefficient (Wildman–Crippen LogP) is 1.00. The summed E-state index contributed by atoms with van der Waals surface area (Å²) in [5.74, 6) is 4.06. The van der Waals surface area contributed by atoms with Gasteiger partial charge in [-0.25, -0.2) is 9.59 Å². The Morgan fingerprint density at radius 1 is 1.33 bits per heavy atom. The molecule has 0 rings (SSSR count). The van der Waals surface area contributed by atoms with Crippen molar-refractivity contribution in [2.45, 2.75) is 38.8 Å². The number of alkyl carbamates (subject to hydrolysis) is 1. The third kappa shape index (κ3) is 8.42. The first kappa shape index (κ1) is 16.3. The normalized spacial score (nSPS) is 12.0. The summed E-state index contributed by atoms with van der Waals surface area (Å²) in [4.78, 5) is 22.3. The highest BCUT2D eigenvalue weighted by Crippen LogP contribution is 2.07. The lowest BCUT2D eigenvalue weighted by Gasteiger charge is -2.21. The molecule has 102 valence electrons. The third-order valence-electron chi connectivity index (χ3n) is 1.64. The number of hydrogen-bond acceptors (Lipinski definition) is 4. The van der Waals surface area contributed by atoms with Gasteiger partial charge in [0.25, 0.3) is 0 Å². The van der Waals surface area contributed by atoms with Crippen molar-refractivity contribution in [1.82, 2.24) is 5.32 Å². The Morgan fingerprint density at radius 3 is 2.39 bits per heavy atom. The Balaban J connectivity index is 4.34. The highest BCUT2D eigenvalue weighted by atomic mass is 16.6. The van der Waals surface area contributed by atoms with Gasteiger partial charge in [0.2, 0.25) is 0 Å². The van der Waals surface area contributed by atoms with Crippen LogP contribution >= 0.6 is 0 Å². The van der Waals surface area contributed by atoms with Crippen LogP contribution in [-0.4, -0.2) is 42.5 Å². The maximum atomic E-state index is 11.4. The molecule has 0 aromatic carbocycles. The number of nitrogens with one attached hydrogen (secondary N) is 1. The molecular formula is C12H19NO5. The molecule has 0 fully saturated rings. The Hall–Kier alpha value is -1.74. The van der Waals surface area contributed by atoms with E-state index in [1.54, 1.807) is 20.8 Å². The minimum absolute atomic E-state index is 0.00205. The van der Waals surface area contributed by atoms with E-state index in [0.717, 1.165) is 0 Å². The standard InChI is InChI=1S/C12H19NO5/c1-12(2,3)18-11(16)13-9(10(14)15)7-5-6-8-17-4/h9H,7-8H2,1-4H3,(H,13,16)(H,14,15). The molecule has 0 spiro atoms. The summed E-state index contributed by atoms with van der Waals surface area (Å²) in [6, 6.07) is -1.09. The maximum absolute atomic E-state index is 11.4. The van der Waals surface area contributed by atoms with Gasteiger partial charge in [-0.15, -0.1) is 0 Å². The summed E-state index contributed by atoms with van der Waals surface area (Å²) < 4.78 is 9.66. The number of ether oxygens (including phenoxy) is 2. The van der Waals surface area contributed by atoms with Gasteiger partial charge < -0.3 is 19.9 Å². The fourth-order valence-corrected chi connectivity index (χ4v) is 0.947. The zero-order chi connectivity index (χ0) is 14.2. The lowest BCUT2D eigenvalue weighted by Crippen LogP contribution is -2.43. The minimum Gasteiger partial charge on any atom is -0.480 e. The van der Waals surface area contributed by atoms with E-state index in [1.807, 2.05) is 0 Å². The minimum atomic E-state index is -1.16. The second-order valence-corrected chi connectivity index (χ2v) is 4.53. The van der Waals surface area contributed by atoms with Crippen molar-refractivity contribution in [1.29, 1.82) is 0 Å². The monoisotopic (exact) mass is 257 g/mol. The van der Waals surface area contributed by atoms with E-state index < -0.39 is 23.7 Å². The summed E-state index contributed by atoms with van der Waals surface area (Å²) in [5, 5.41) is 11.2. The fraction of sp³-hybridized carbons (Fsp3) is 0.667. The van der Waals surface area contributed by atoms with Gasteiger partial charge in [0.15, 0.2) is 0 Å². The maximum Gasteiger partial charge on any atom is 0.408 e. The largest absolute Gasteiger partial charge is 0.480 e. The first-order valence-corrected chi connectivity index (χ1v) is 5.43. The SMILES string of the molecule is COCC#CCC(NC(=O)OC(C)(C)C)C(=O)O. The summed E-state index contributed by atoms with van der Waals surface area (Å²) in [5.41, 5.74) is -0.672. The average Bonchev–Trinajstić information content (AvgIpc) is 2.19. The van der Waals surface area contributed by atoms with Crippen LogP contribution in [0.3, 0.4) is 0 Å². The van der Waals surface area contributed by atoms with Crippen molar-refractivity contribution >= 4 is 12.1 Å². The van der Waals surface area contributed by atoms with E-state index in [9.17, 15) is 9.59 Å². The Morgan fingerprint density at radius 2 is 1.94 bits per heavy atom. The molecule has 0 saturated heterocycles. The summed E-state index contributed by atoms with van der Waals surface area (Å²) >= 11 is 0. The molecule has 0 saturated carbocycles. The van der Waals surface area contributed by atoms with Gasteiger partial charge in [0.05, 0.1) is 0 Å². The second kappa shape index (κ2) is 7.56. The van der Waals surface area contributed by atoms with Crippen molar-refractivity contribution in [3.05, 3.63) is 0 Å². The molecule has 0 aliphatic rings. The number of carboxylic acids is 1. The lowest BCUT2D eigenvalue weighted by molar-refractivity contribution is -0.139. The van der Waals surface area contributed by atoms with Crippen LogP contribution in [0, 0.1) is 11.8 Å². The molecule has 2 N–H and O–H groups in total. The van der Waals surface area contributed by atoms with Crippen LogP contribution in [0.2, 0.25) is 0 Å². The molecule has 0 heterocycles. The molecule has 0 aliphatic carbocycles.